The largest absolute Gasteiger partial charge is 0.467 e. The topological polar surface area (TPSA) is 78.7 Å². The zero-order valence-electron chi connectivity index (χ0n) is 14.6. The zero-order chi connectivity index (χ0) is 18.2. The molecule has 1 amide bonds. The molecule has 1 aromatic carbocycles. The molecule has 0 aliphatic carbocycles. The van der Waals surface area contributed by atoms with Gasteiger partial charge in [0.2, 0.25) is 5.91 Å². The number of amides is 1. The van der Waals surface area contributed by atoms with Crippen molar-refractivity contribution in [2.45, 2.75) is 26.4 Å². The van der Waals surface area contributed by atoms with E-state index in [1.165, 1.54) is 6.07 Å². The molecular weight excluding hydrogens is 323 g/mol. The van der Waals surface area contributed by atoms with Crippen LogP contribution in [-0.2, 0) is 11.3 Å². The van der Waals surface area contributed by atoms with Crippen LogP contribution in [0.25, 0.3) is 0 Å². The predicted molar refractivity (Wildman–Crippen MR) is 94.6 cm³/mol. The highest BCUT2D eigenvalue weighted by molar-refractivity contribution is 5.86. The average molecular weight is 346 g/mol. The van der Waals surface area contributed by atoms with Crippen LogP contribution in [0.1, 0.15) is 29.9 Å². The van der Waals surface area contributed by atoms with Gasteiger partial charge >= 0.3 is 0 Å². The summed E-state index contributed by atoms with van der Waals surface area (Å²) in [4.78, 5) is 15.9. The van der Waals surface area contributed by atoms with Gasteiger partial charge in [0.1, 0.15) is 11.6 Å². The number of aliphatic imine (C=N–C) groups is 1. The summed E-state index contributed by atoms with van der Waals surface area (Å²) in [6.45, 7) is 4.01. The lowest BCUT2D eigenvalue weighted by Gasteiger charge is -2.18. The summed E-state index contributed by atoms with van der Waals surface area (Å²) in [5, 5.41) is 8.79. The normalized spacial score (nSPS) is 12.6. The van der Waals surface area contributed by atoms with Crippen LogP contribution in [0.15, 0.2) is 46.0 Å². The first-order valence-electron chi connectivity index (χ1n) is 8.02. The summed E-state index contributed by atoms with van der Waals surface area (Å²) in [5.41, 5.74) is 1.40. The Morgan fingerprint density at radius 2 is 2.12 bits per heavy atom. The van der Waals surface area contributed by atoms with Gasteiger partial charge in [0, 0.05) is 7.05 Å². The molecule has 0 bridgehead atoms. The highest BCUT2D eigenvalue weighted by atomic mass is 19.1. The molecule has 2 rings (SSSR count). The molecular formula is C18H23FN4O2. The molecule has 2 aromatic rings. The standard InChI is InChI=1S/C18H23FN4O2/c1-12-6-7-14(9-16(12)19)13(2)23-18(20-3)22-11-17(24)21-10-15-5-4-8-25-15/h4-9,13H,10-11H2,1-3H3,(H,21,24)(H2,20,22,23). The third-order valence-electron chi connectivity index (χ3n) is 3.73. The fraction of sp³-hybridized carbons (Fsp3) is 0.333. The Labute approximate surface area is 146 Å². The zero-order valence-corrected chi connectivity index (χ0v) is 14.6. The number of aryl methyl sites for hydroxylation is 1. The first-order valence-corrected chi connectivity index (χ1v) is 8.02. The van der Waals surface area contributed by atoms with Gasteiger partial charge < -0.3 is 20.4 Å². The second-order valence-corrected chi connectivity index (χ2v) is 5.66. The monoisotopic (exact) mass is 346 g/mol. The van der Waals surface area contributed by atoms with E-state index in [1.807, 2.05) is 13.0 Å². The maximum absolute atomic E-state index is 13.7. The van der Waals surface area contributed by atoms with Crippen molar-refractivity contribution in [2.24, 2.45) is 4.99 Å². The molecule has 3 N–H and O–H groups in total. The Morgan fingerprint density at radius 1 is 1.32 bits per heavy atom. The van der Waals surface area contributed by atoms with Crippen LogP contribution in [0.2, 0.25) is 0 Å². The minimum atomic E-state index is -0.244. The van der Waals surface area contributed by atoms with E-state index in [9.17, 15) is 9.18 Å². The van der Waals surface area contributed by atoms with E-state index in [4.69, 9.17) is 4.42 Å². The maximum atomic E-state index is 13.7. The number of nitrogens with zero attached hydrogens (tertiary/aromatic N) is 1. The van der Waals surface area contributed by atoms with Crippen LogP contribution in [0.4, 0.5) is 4.39 Å². The highest BCUT2D eigenvalue weighted by Crippen LogP contribution is 2.16. The molecule has 7 heteroatoms. The molecule has 1 unspecified atom stereocenters. The lowest BCUT2D eigenvalue weighted by molar-refractivity contribution is -0.120. The summed E-state index contributed by atoms with van der Waals surface area (Å²) in [6.07, 6.45) is 1.56. The van der Waals surface area contributed by atoms with Crippen molar-refractivity contribution < 1.29 is 13.6 Å². The Balaban J connectivity index is 1.81. The van der Waals surface area contributed by atoms with E-state index in [0.29, 0.717) is 23.8 Å². The molecule has 6 nitrogen and oxygen atoms in total. The third-order valence-corrected chi connectivity index (χ3v) is 3.73. The van der Waals surface area contributed by atoms with Crippen LogP contribution in [0.3, 0.4) is 0 Å². The van der Waals surface area contributed by atoms with Crippen molar-refractivity contribution in [1.82, 2.24) is 16.0 Å². The van der Waals surface area contributed by atoms with Crippen LogP contribution in [0, 0.1) is 12.7 Å². The molecule has 1 aromatic heterocycles. The summed E-state index contributed by atoms with van der Waals surface area (Å²) in [6, 6.07) is 8.49. The fourth-order valence-corrected chi connectivity index (χ4v) is 2.19. The Bertz CT molecular complexity index is 729. The summed E-state index contributed by atoms with van der Waals surface area (Å²) < 4.78 is 18.8. The lowest BCUT2D eigenvalue weighted by atomic mass is 10.1. The molecule has 0 aliphatic heterocycles. The number of hydrogen-bond acceptors (Lipinski definition) is 3. The number of carbonyl (C=O) groups is 1. The van der Waals surface area contributed by atoms with Gasteiger partial charge in [-0.15, -0.1) is 0 Å². The SMILES string of the molecule is CN=C(NCC(=O)NCc1ccco1)NC(C)c1ccc(C)c(F)c1. The number of halogens is 1. The molecule has 0 radical (unpaired) electrons. The fourth-order valence-electron chi connectivity index (χ4n) is 2.19. The van der Waals surface area contributed by atoms with Gasteiger partial charge in [-0.3, -0.25) is 9.79 Å². The number of hydrogen-bond donors (Lipinski definition) is 3. The molecule has 0 saturated heterocycles. The lowest BCUT2D eigenvalue weighted by Crippen LogP contribution is -2.43. The minimum absolute atomic E-state index is 0.0648. The molecule has 25 heavy (non-hydrogen) atoms. The van der Waals surface area contributed by atoms with E-state index < -0.39 is 0 Å². The molecule has 1 heterocycles. The Morgan fingerprint density at radius 3 is 2.76 bits per heavy atom. The molecule has 0 saturated carbocycles. The van der Waals surface area contributed by atoms with Gasteiger partial charge in [0.05, 0.1) is 25.4 Å². The van der Waals surface area contributed by atoms with Crippen molar-refractivity contribution in [3.05, 3.63) is 59.3 Å². The number of guanidine groups is 1. The van der Waals surface area contributed by atoms with E-state index in [0.717, 1.165) is 5.56 Å². The van der Waals surface area contributed by atoms with E-state index in [2.05, 4.69) is 20.9 Å². The quantitative estimate of drug-likeness (QED) is 0.554. The summed E-state index contributed by atoms with van der Waals surface area (Å²) in [7, 11) is 1.61. The Kier molecular flexibility index (Phi) is 6.56. The first-order chi connectivity index (χ1) is 12.0. The molecule has 1 atom stereocenters. The third kappa shape index (κ3) is 5.63. The first kappa shape index (κ1) is 18.5. The number of benzene rings is 1. The van der Waals surface area contributed by atoms with Gasteiger partial charge in [0.25, 0.3) is 0 Å². The number of nitrogens with one attached hydrogen (secondary N) is 3. The number of carbonyl (C=O) groups excluding carboxylic acids is 1. The molecule has 0 aliphatic rings. The van der Waals surface area contributed by atoms with E-state index in [-0.39, 0.29) is 24.3 Å². The van der Waals surface area contributed by atoms with E-state index >= 15 is 0 Å². The van der Waals surface area contributed by atoms with Crippen molar-refractivity contribution in [3.8, 4) is 0 Å². The van der Waals surface area contributed by atoms with Gasteiger partial charge in [0.15, 0.2) is 5.96 Å². The van der Waals surface area contributed by atoms with Crippen molar-refractivity contribution in [2.75, 3.05) is 13.6 Å². The molecule has 0 fully saturated rings. The molecule has 134 valence electrons. The highest BCUT2D eigenvalue weighted by Gasteiger charge is 2.11. The van der Waals surface area contributed by atoms with Gasteiger partial charge in [-0.05, 0) is 43.2 Å². The Hall–Kier alpha value is -2.83. The second-order valence-electron chi connectivity index (χ2n) is 5.66. The van der Waals surface area contributed by atoms with Crippen LogP contribution in [0.5, 0.6) is 0 Å². The average Bonchev–Trinajstić information content (AvgIpc) is 3.12. The van der Waals surface area contributed by atoms with Crippen molar-refractivity contribution >= 4 is 11.9 Å². The minimum Gasteiger partial charge on any atom is -0.467 e. The van der Waals surface area contributed by atoms with Crippen LogP contribution >= 0.6 is 0 Å². The van der Waals surface area contributed by atoms with Gasteiger partial charge in [-0.25, -0.2) is 4.39 Å². The summed E-state index contributed by atoms with van der Waals surface area (Å²) in [5.74, 6) is 0.715. The second kappa shape index (κ2) is 8.86. The maximum Gasteiger partial charge on any atom is 0.239 e. The van der Waals surface area contributed by atoms with E-state index in [1.54, 1.807) is 38.4 Å². The number of furan rings is 1. The summed E-state index contributed by atoms with van der Waals surface area (Å²) >= 11 is 0. The van der Waals surface area contributed by atoms with Crippen LogP contribution < -0.4 is 16.0 Å². The van der Waals surface area contributed by atoms with Gasteiger partial charge in [-0.1, -0.05) is 12.1 Å². The molecule has 0 spiro atoms. The predicted octanol–water partition coefficient (Wildman–Crippen LogP) is 2.27. The number of rotatable bonds is 6. The smallest absolute Gasteiger partial charge is 0.239 e. The van der Waals surface area contributed by atoms with Gasteiger partial charge in [-0.2, -0.15) is 0 Å². The van der Waals surface area contributed by atoms with Crippen molar-refractivity contribution in [1.29, 1.82) is 0 Å². The van der Waals surface area contributed by atoms with Crippen LogP contribution in [-0.4, -0.2) is 25.5 Å². The van der Waals surface area contributed by atoms with Crippen molar-refractivity contribution in [3.63, 3.8) is 0 Å².